The fourth-order valence-corrected chi connectivity index (χ4v) is 4.59. The Kier molecular flexibility index (Phi) is 10.6. The molecule has 2 aromatic rings. The van der Waals surface area contributed by atoms with Crippen molar-refractivity contribution in [2.45, 2.75) is 52.6 Å². The molecule has 35 heavy (non-hydrogen) atoms. The van der Waals surface area contributed by atoms with E-state index < -0.39 is 16.1 Å². The first kappa shape index (κ1) is 28.2. The van der Waals surface area contributed by atoms with Crippen LogP contribution in [0.2, 0.25) is 0 Å². The van der Waals surface area contributed by atoms with E-state index in [1.54, 1.807) is 43.2 Å². The minimum atomic E-state index is -3.54. The molecule has 2 rings (SSSR count). The monoisotopic (exact) mass is 503 g/mol. The zero-order valence-electron chi connectivity index (χ0n) is 21.3. The molecule has 8 nitrogen and oxygen atoms in total. The molecule has 0 heterocycles. The van der Waals surface area contributed by atoms with Crippen LogP contribution >= 0.6 is 0 Å². The van der Waals surface area contributed by atoms with Gasteiger partial charge in [-0.25, -0.2) is 8.42 Å². The first-order valence-electron chi connectivity index (χ1n) is 11.8. The third-order valence-electron chi connectivity index (χ3n) is 5.70. The van der Waals surface area contributed by atoms with Gasteiger partial charge >= 0.3 is 0 Å². The van der Waals surface area contributed by atoms with Crippen molar-refractivity contribution in [2.24, 2.45) is 0 Å². The van der Waals surface area contributed by atoms with E-state index >= 15 is 0 Å². The lowest BCUT2D eigenvalue weighted by Crippen LogP contribution is -2.47. The molecule has 2 amide bonds. The Bertz CT molecular complexity index is 1070. The van der Waals surface area contributed by atoms with Gasteiger partial charge in [0, 0.05) is 26.1 Å². The summed E-state index contributed by atoms with van der Waals surface area (Å²) in [5.74, 6) is 0.218. The Labute approximate surface area is 209 Å². The fourth-order valence-electron chi connectivity index (χ4n) is 3.62. The fraction of sp³-hybridized carbons (Fsp3) is 0.462. The Morgan fingerprint density at radius 1 is 1.06 bits per heavy atom. The van der Waals surface area contributed by atoms with Crippen LogP contribution in [0.1, 0.15) is 44.2 Å². The number of carbonyl (C=O) groups excluding carboxylic acids is 2. The highest BCUT2D eigenvalue weighted by molar-refractivity contribution is 7.92. The Balaban J connectivity index is 2.14. The van der Waals surface area contributed by atoms with E-state index in [1.807, 2.05) is 38.1 Å². The highest BCUT2D eigenvalue weighted by Crippen LogP contribution is 2.22. The van der Waals surface area contributed by atoms with E-state index in [4.69, 9.17) is 4.74 Å². The minimum Gasteiger partial charge on any atom is -0.497 e. The number of amides is 2. The van der Waals surface area contributed by atoms with E-state index in [1.165, 1.54) is 4.31 Å². The Morgan fingerprint density at radius 2 is 1.69 bits per heavy atom. The van der Waals surface area contributed by atoms with Crippen LogP contribution in [-0.2, 0) is 26.2 Å². The topological polar surface area (TPSA) is 96.0 Å². The summed E-state index contributed by atoms with van der Waals surface area (Å²) < 4.78 is 31.2. The number of nitrogens with zero attached hydrogens (tertiary/aromatic N) is 2. The number of nitrogens with one attached hydrogen (secondary N) is 1. The summed E-state index contributed by atoms with van der Waals surface area (Å²) in [6.45, 7) is 6.67. The molecule has 0 aliphatic heterocycles. The van der Waals surface area contributed by atoms with Gasteiger partial charge in [-0.05, 0) is 56.5 Å². The number of ether oxygens (including phenoxy) is 1. The molecule has 2 aromatic carbocycles. The highest BCUT2D eigenvalue weighted by Gasteiger charge is 2.26. The van der Waals surface area contributed by atoms with Gasteiger partial charge in [-0.1, -0.05) is 36.8 Å². The largest absolute Gasteiger partial charge is 0.497 e. The molecule has 0 spiro atoms. The van der Waals surface area contributed by atoms with E-state index in [0.29, 0.717) is 30.9 Å². The average molecular weight is 504 g/mol. The number of hydrogen-bond acceptors (Lipinski definition) is 5. The van der Waals surface area contributed by atoms with Crippen LogP contribution in [-0.4, -0.2) is 57.6 Å². The Hall–Kier alpha value is -3.07. The SMILES string of the molecule is CCCNC(=O)[C@@H](C)N(Cc1ccc(C)cc1)C(=O)CCCN(c1ccc(OC)cc1)S(C)(=O)=O. The summed E-state index contributed by atoms with van der Waals surface area (Å²) in [6.07, 6.45) is 2.37. The van der Waals surface area contributed by atoms with Crippen molar-refractivity contribution in [1.82, 2.24) is 10.2 Å². The van der Waals surface area contributed by atoms with E-state index in [9.17, 15) is 18.0 Å². The van der Waals surface area contributed by atoms with Crippen molar-refractivity contribution in [2.75, 3.05) is 30.8 Å². The van der Waals surface area contributed by atoms with Crippen LogP contribution in [0.5, 0.6) is 5.75 Å². The highest BCUT2D eigenvalue weighted by atomic mass is 32.2. The molecule has 1 N–H and O–H groups in total. The lowest BCUT2D eigenvalue weighted by molar-refractivity contribution is -0.140. The van der Waals surface area contributed by atoms with Crippen molar-refractivity contribution in [1.29, 1.82) is 0 Å². The first-order chi connectivity index (χ1) is 16.6. The molecule has 0 aromatic heterocycles. The molecule has 0 saturated heterocycles. The Morgan fingerprint density at radius 3 is 2.23 bits per heavy atom. The number of anilines is 1. The van der Waals surface area contributed by atoms with E-state index in [-0.39, 0.29) is 24.8 Å². The molecule has 0 fully saturated rings. The number of rotatable bonds is 13. The second kappa shape index (κ2) is 13.1. The second-order valence-electron chi connectivity index (χ2n) is 8.61. The van der Waals surface area contributed by atoms with Gasteiger partial charge in [0.05, 0.1) is 19.1 Å². The average Bonchev–Trinajstić information content (AvgIpc) is 2.83. The standard InChI is InChI=1S/C26H37N3O5S/c1-6-17-27-26(31)21(3)28(19-22-11-9-20(2)10-12-22)25(30)8-7-18-29(35(5,32)33)23-13-15-24(34-4)16-14-23/h9-16,21H,6-8,17-19H2,1-5H3,(H,27,31)/t21-/m1/s1. The third-order valence-corrected chi connectivity index (χ3v) is 6.90. The van der Waals surface area contributed by atoms with Crippen LogP contribution in [0.3, 0.4) is 0 Å². The van der Waals surface area contributed by atoms with Gasteiger partial charge < -0.3 is 15.0 Å². The van der Waals surface area contributed by atoms with Crippen LogP contribution in [0.25, 0.3) is 0 Å². The maximum atomic E-state index is 13.2. The summed E-state index contributed by atoms with van der Waals surface area (Å²) in [4.78, 5) is 27.5. The van der Waals surface area contributed by atoms with Crippen molar-refractivity contribution in [3.8, 4) is 5.75 Å². The molecule has 192 valence electrons. The van der Waals surface area contributed by atoms with Gasteiger partial charge in [0.1, 0.15) is 11.8 Å². The zero-order chi connectivity index (χ0) is 26.0. The predicted molar refractivity (Wildman–Crippen MR) is 139 cm³/mol. The number of hydrogen-bond donors (Lipinski definition) is 1. The summed E-state index contributed by atoms with van der Waals surface area (Å²) in [7, 11) is -2.00. The quantitative estimate of drug-likeness (QED) is 0.451. The lowest BCUT2D eigenvalue weighted by Gasteiger charge is -2.29. The minimum absolute atomic E-state index is 0.111. The van der Waals surface area contributed by atoms with Gasteiger partial charge in [-0.2, -0.15) is 0 Å². The van der Waals surface area contributed by atoms with Gasteiger partial charge in [0.2, 0.25) is 21.8 Å². The van der Waals surface area contributed by atoms with Crippen molar-refractivity contribution < 1.29 is 22.7 Å². The number of methoxy groups -OCH3 is 1. The van der Waals surface area contributed by atoms with Crippen molar-refractivity contribution in [3.05, 3.63) is 59.7 Å². The smallest absolute Gasteiger partial charge is 0.242 e. The maximum absolute atomic E-state index is 13.2. The van der Waals surface area contributed by atoms with Gasteiger partial charge in [0.25, 0.3) is 0 Å². The zero-order valence-corrected chi connectivity index (χ0v) is 22.1. The van der Waals surface area contributed by atoms with Crippen molar-refractivity contribution >= 4 is 27.5 Å². The molecule has 0 bridgehead atoms. The van der Waals surface area contributed by atoms with Gasteiger partial charge in [-0.15, -0.1) is 0 Å². The molecule has 0 aliphatic carbocycles. The summed E-state index contributed by atoms with van der Waals surface area (Å²) in [5, 5.41) is 2.86. The van der Waals surface area contributed by atoms with Gasteiger partial charge in [-0.3, -0.25) is 13.9 Å². The molecule has 1 atom stereocenters. The molecule has 0 saturated carbocycles. The summed E-state index contributed by atoms with van der Waals surface area (Å²) >= 11 is 0. The van der Waals surface area contributed by atoms with Gasteiger partial charge in [0.15, 0.2) is 0 Å². The van der Waals surface area contributed by atoms with Crippen LogP contribution in [0.15, 0.2) is 48.5 Å². The van der Waals surface area contributed by atoms with Crippen LogP contribution in [0, 0.1) is 6.92 Å². The summed E-state index contributed by atoms with van der Waals surface area (Å²) in [6, 6.07) is 13.9. The second-order valence-corrected chi connectivity index (χ2v) is 10.5. The molecule has 0 unspecified atom stereocenters. The molecule has 9 heteroatoms. The van der Waals surface area contributed by atoms with Crippen LogP contribution < -0.4 is 14.4 Å². The predicted octanol–water partition coefficient (Wildman–Crippen LogP) is 3.49. The lowest BCUT2D eigenvalue weighted by atomic mass is 10.1. The summed E-state index contributed by atoms with van der Waals surface area (Å²) in [5.41, 5.74) is 2.54. The molecular weight excluding hydrogens is 466 g/mol. The molecule has 0 aliphatic rings. The van der Waals surface area contributed by atoms with Crippen LogP contribution in [0.4, 0.5) is 5.69 Å². The molecular formula is C26H37N3O5S. The number of aryl methyl sites for hydroxylation is 1. The third kappa shape index (κ3) is 8.58. The van der Waals surface area contributed by atoms with E-state index in [2.05, 4.69) is 5.32 Å². The number of carbonyl (C=O) groups is 2. The normalized spacial score (nSPS) is 12.0. The number of sulfonamides is 1. The molecule has 0 radical (unpaired) electrons. The first-order valence-corrected chi connectivity index (χ1v) is 13.7. The van der Waals surface area contributed by atoms with E-state index in [0.717, 1.165) is 23.8 Å². The van der Waals surface area contributed by atoms with Crippen molar-refractivity contribution in [3.63, 3.8) is 0 Å². The number of benzene rings is 2. The maximum Gasteiger partial charge on any atom is 0.242 e.